The molecule has 1 atom stereocenters. The minimum absolute atomic E-state index is 0.0528. The normalized spacial score (nSPS) is 15.4. The van der Waals surface area contributed by atoms with Gasteiger partial charge in [-0.25, -0.2) is 0 Å². The second-order valence-electron chi connectivity index (χ2n) is 8.94. The first-order valence-corrected chi connectivity index (χ1v) is 11.5. The number of anilines is 1. The Morgan fingerprint density at radius 1 is 1.03 bits per heavy atom. The van der Waals surface area contributed by atoms with Crippen molar-refractivity contribution in [3.63, 3.8) is 0 Å². The van der Waals surface area contributed by atoms with Gasteiger partial charge in [-0.05, 0) is 54.0 Å². The second-order valence-corrected chi connectivity index (χ2v) is 8.94. The van der Waals surface area contributed by atoms with Crippen molar-refractivity contribution in [3.8, 4) is 12.3 Å². The van der Waals surface area contributed by atoms with Crippen molar-refractivity contribution in [2.75, 3.05) is 4.90 Å². The van der Waals surface area contributed by atoms with Gasteiger partial charge < -0.3 is 5.32 Å². The minimum Gasteiger partial charge on any atom is -0.351 e. The van der Waals surface area contributed by atoms with E-state index in [1.807, 2.05) is 31.9 Å². The number of alkyl halides is 3. The predicted octanol–water partition coefficient (Wildman–Crippen LogP) is 5.99. The van der Waals surface area contributed by atoms with Crippen LogP contribution in [-0.4, -0.2) is 17.9 Å². The van der Waals surface area contributed by atoms with Gasteiger partial charge in [0, 0.05) is 11.7 Å². The van der Waals surface area contributed by atoms with E-state index in [0.29, 0.717) is 5.56 Å². The Morgan fingerprint density at radius 3 is 2.21 bits per heavy atom. The molecule has 0 spiro atoms. The van der Waals surface area contributed by atoms with E-state index in [1.165, 1.54) is 12.1 Å². The third kappa shape index (κ3) is 5.99. The van der Waals surface area contributed by atoms with Gasteiger partial charge in [-0.1, -0.05) is 63.4 Å². The lowest BCUT2D eigenvalue weighted by Gasteiger charge is -2.32. The van der Waals surface area contributed by atoms with Crippen LogP contribution in [0.5, 0.6) is 0 Å². The molecule has 1 aliphatic rings. The number of nitrogens with one attached hydrogen (secondary N) is 1. The zero-order valence-corrected chi connectivity index (χ0v) is 19.4. The van der Waals surface area contributed by atoms with Crippen LogP contribution in [0.1, 0.15) is 74.6 Å². The summed E-state index contributed by atoms with van der Waals surface area (Å²) >= 11 is 0. The van der Waals surface area contributed by atoms with E-state index in [-0.39, 0.29) is 17.6 Å². The van der Waals surface area contributed by atoms with E-state index in [2.05, 4.69) is 5.32 Å². The maximum absolute atomic E-state index is 13.6. The van der Waals surface area contributed by atoms with Crippen LogP contribution in [0.15, 0.2) is 48.5 Å². The maximum atomic E-state index is 13.6. The Labute approximate surface area is 198 Å². The molecule has 0 bridgehead atoms. The van der Waals surface area contributed by atoms with Crippen molar-refractivity contribution in [1.82, 2.24) is 5.32 Å². The fourth-order valence-corrected chi connectivity index (χ4v) is 4.29. The molecule has 4 nitrogen and oxygen atoms in total. The minimum atomic E-state index is -4.61. The van der Waals surface area contributed by atoms with Gasteiger partial charge in [0.1, 0.15) is 6.04 Å². The lowest BCUT2D eigenvalue weighted by Crippen LogP contribution is -2.47. The summed E-state index contributed by atoms with van der Waals surface area (Å²) < 4.78 is 40.2. The number of rotatable bonds is 6. The highest BCUT2D eigenvalue weighted by Crippen LogP contribution is 2.35. The summed E-state index contributed by atoms with van der Waals surface area (Å²) in [5.41, 5.74) is 0.485. The van der Waals surface area contributed by atoms with Crippen molar-refractivity contribution < 1.29 is 22.8 Å². The standard InChI is InChI=1S/C27H29F3N2O2/c1-4-24(33)32(23-12-8-9-21(17-23)27(28,29)30)25(20-15-13-19(14-16-20)18(2)3)26(34)31-22-10-6-5-7-11-22/h1,8-9,12-18,22,25H,5-7,10-11H2,2-3H3,(H,31,34). The average molecular weight is 471 g/mol. The van der Waals surface area contributed by atoms with Gasteiger partial charge in [-0.2, -0.15) is 13.2 Å². The van der Waals surface area contributed by atoms with Crippen molar-refractivity contribution in [1.29, 1.82) is 0 Å². The lowest BCUT2D eigenvalue weighted by atomic mass is 9.94. The molecule has 3 rings (SSSR count). The van der Waals surface area contributed by atoms with Gasteiger partial charge in [0.05, 0.1) is 5.56 Å². The van der Waals surface area contributed by atoms with Crippen LogP contribution < -0.4 is 10.2 Å². The van der Waals surface area contributed by atoms with Crippen LogP contribution in [0.25, 0.3) is 0 Å². The fourth-order valence-electron chi connectivity index (χ4n) is 4.29. The first-order chi connectivity index (χ1) is 16.1. The zero-order valence-electron chi connectivity index (χ0n) is 19.4. The molecule has 0 radical (unpaired) electrons. The van der Waals surface area contributed by atoms with Gasteiger partial charge in [0.25, 0.3) is 0 Å². The summed E-state index contributed by atoms with van der Waals surface area (Å²) in [6, 6.07) is 10.2. The first-order valence-electron chi connectivity index (χ1n) is 11.5. The van der Waals surface area contributed by atoms with Crippen molar-refractivity contribution in [3.05, 3.63) is 65.2 Å². The monoisotopic (exact) mass is 470 g/mol. The number of nitrogens with zero attached hydrogens (tertiary/aromatic N) is 1. The second kappa shape index (κ2) is 10.8. The summed E-state index contributed by atoms with van der Waals surface area (Å²) in [7, 11) is 0. The number of carbonyl (C=O) groups is 2. The van der Waals surface area contributed by atoms with E-state index in [9.17, 15) is 22.8 Å². The summed E-state index contributed by atoms with van der Waals surface area (Å²) in [4.78, 5) is 27.4. The van der Waals surface area contributed by atoms with Crippen molar-refractivity contribution >= 4 is 17.5 Å². The molecule has 0 saturated heterocycles. The molecule has 34 heavy (non-hydrogen) atoms. The molecule has 7 heteroatoms. The summed E-state index contributed by atoms with van der Waals surface area (Å²) in [5.74, 6) is 0.872. The molecule has 1 fully saturated rings. The molecular formula is C27H29F3N2O2. The average Bonchev–Trinajstić information content (AvgIpc) is 2.82. The molecule has 0 heterocycles. The van der Waals surface area contributed by atoms with Crippen LogP contribution >= 0.6 is 0 Å². The Balaban J connectivity index is 2.09. The quantitative estimate of drug-likeness (QED) is 0.528. The van der Waals surface area contributed by atoms with Crippen LogP contribution in [0.4, 0.5) is 18.9 Å². The van der Waals surface area contributed by atoms with Crippen LogP contribution in [-0.2, 0) is 15.8 Å². The van der Waals surface area contributed by atoms with Crippen molar-refractivity contribution in [2.24, 2.45) is 0 Å². The maximum Gasteiger partial charge on any atom is 0.416 e. The van der Waals surface area contributed by atoms with Crippen LogP contribution in [0, 0.1) is 12.3 Å². The summed E-state index contributed by atoms with van der Waals surface area (Å²) in [6.07, 6.45) is 5.49. The molecule has 0 aliphatic heterocycles. The third-order valence-electron chi connectivity index (χ3n) is 6.17. The Kier molecular flexibility index (Phi) is 8.03. The number of amides is 2. The molecule has 1 saturated carbocycles. The predicted molar refractivity (Wildman–Crippen MR) is 126 cm³/mol. The number of benzene rings is 2. The topological polar surface area (TPSA) is 49.4 Å². The van der Waals surface area contributed by atoms with Gasteiger partial charge in [0.15, 0.2) is 0 Å². The summed E-state index contributed by atoms with van der Waals surface area (Å²) in [6.45, 7) is 4.05. The molecule has 1 N–H and O–H groups in total. The third-order valence-corrected chi connectivity index (χ3v) is 6.17. The number of hydrogen-bond donors (Lipinski definition) is 1. The zero-order chi connectivity index (χ0) is 24.9. The highest BCUT2D eigenvalue weighted by molar-refractivity contribution is 6.09. The van der Waals surface area contributed by atoms with Gasteiger partial charge >= 0.3 is 12.1 Å². The number of carbonyl (C=O) groups excluding carboxylic acids is 2. The van der Waals surface area contributed by atoms with E-state index >= 15 is 0 Å². The van der Waals surface area contributed by atoms with Crippen molar-refractivity contribution in [2.45, 2.75) is 70.1 Å². The first kappa shape index (κ1) is 25.4. The van der Waals surface area contributed by atoms with E-state index in [0.717, 1.165) is 54.7 Å². The number of hydrogen-bond acceptors (Lipinski definition) is 2. The Hall–Kier alpha value is -3.27. The fraction of sp³-hybridized carbons (Fsp3) is 0.407. The molecule has 1 aliphatic carbocycles. The molecule has 1 unspecified atom stereocenters. The largest absolute Gasteiger partial charge is 0.416 e. The molecule has 2 aromatic carbocycles. The number of terminal acetylenes is 1. The molecule has 2 amide bonds. The van der Waals surface area contributed by atoms with Gasteiger partial charge in [-0.15, -0.1) is 6.42 Å². The number of halogens is 3. The van der Waals surface area contributed by atoms with E-state index in [1.54, 1.807) is 12.1 Å². The smallest absolute Gasteiger partial charge is 0.351 e. The lowest BCUT2D eigenvalue weighted by molar-refractivity contribution is -0.137. The molecular weight excluding hydrogens is 441 g/mol. The van der Waals surface area contributed by atoms with E-state index in [4.69, 9.17) is 6.42 Å². The Morgan fingerprint density at radius 2 is 1.65 bits per heavy atom. The van der Waals surface area contributed by atoms with Gasteiger partial charge in [-0.3, -0.25) is 14.5 Å². The molecule has 180 valence electrons. The molecule has 2 aromatic rings. The van der Waals surface area contributed by atoms with Crippen LogP contribution in [0.2, 0.25) is 0 Å². The SMILES string of the molecule is C#CC(=O)N(c1cccc(C(F)(F)F)c1)C(C(=O)NC1CCCCC1)c1ccc(C(C)C)cc1. The van der Waals surface area contributed by atoms with Gasteiger partial charge in [0.2, 0.25) is 5.91 Å². The molecule has 0 aromatic heterocycles. The highest BCUT2D eigenvalue weighted by Gasteiger charge is 2.36. The Bertz CT molecular complexity index is 1050. The summed E-state index contributed by atoms with van der Waals surface area (Å²) in [5, 5.41) is 3.01. The van der Waals surface area contributed by atoms with E-state index < -0.39 is 29.6 Å². The van der Waals surface area contributed by atoms with Crippen LogP contribution in [0.3, 0.4) is 0 Å². The highest BCUT2D eigenvalue weighted by atomic mass is 19.4.